The summed E-state index contributed by atoms with van der Waals surface area (Å²) >= 11 is 0. The number of halogens is 2. The predicted molar refractivity (Wildman–Crippen MR) is 124 cm³/mol. The zero-order valence-corrected chi connectivity index (χ0v) is 20.6. The highest BCUT2D eigenvalue weighted by atomic mass is 32.2. The molecule has 0 aromatic heterocycles. The van der Waals surface area contributed by atoms with E-state index >= 15 is 0 Å². The van der Waals surface area contributed by atoms with Crippen molar-refractivity contribution in [3.8, 4) is 0 Å². The molecule has 0 aliphatic carbocycles. The van der Waals surface area contributed by atoms with E-state index in [0.29, 0.717) is 0 Å². The number of carbonyl (C=O) groups is 2. The van der Waals surface area contributed by atoms with Crippen molar-refractivity contribution in [2.24, 2.45) is 5.92 Å². The second-order valence-corrected chi connectivity index (χ2v) is 9.86. The highest BCUT2D eigenvalue weighted by Crippen LogP contribution is 2.37. The van der Waals surface area contributed by atoms with Gasteiger partial charge >= 0.3 is 17.3 Å². The Kier molecular flexibility index (Phi) is 8.75. The minimum atomic E-state index is -6.04. The number of carbonyl (C=O) groups excluding carboxylic acids is 2. The summed E-state index contributed by atoms with van der Waals surface area (Å²) in [4.78, 5) is 48.0. The Hall–Kier alpha value is -4.25. The van der Waals surface area contributed by atoms with E-state index < -0.39 is 67.3 Å². The molecule has 17 heteroatoms. The maximum Gasteiger partial charge on any atom is 0.410 e. The molecule has 1 aliphatic rings. The zero-order valence-electron chi connectivity index (χ0n) is 19.8. The lowest BCUT2D eigenvalue weighted by Gasteiger charge is -2.32. The highest BCUT2D eigenvalue weighted by Gasteiger charge is 2.41. The van der Waals surface area contributed by atoms with Crippen LogP contribution in [0.4, 0.5) is 25.0 Å². The molecule has 39 heavy (non-hydrogen) atoms. The number of para-hydroxylation sites is 2. The van der Waals surface area contributed by atoms with Crippen molar-refractivity contribution < 1.29 is 50.7 Å². The number of hydrogen-bond donors (Lipinski definition) is 0. The van der Waals surface area contributed by atoms with Gasteiger partial charge in [-0.1, -0.05) is 24.3 Å². The number of alkyl halides is 2. The fourth-order valence-electron chi connectivity index (χ4n) is 3.86. The van der Waals surface area contributed by atoms with Crippen LogP contribution in [-0.4, -0.2) is 64.7 Å². The first-order valence-corrected chi connectivity index (χ1v) is 12.6. The third-order valence-corrected chi connectivity index (χ3v) is 6.73. The van der Waals surface area contributed by atoms with Crippen molar-refractivity contribution in [3.05, 3.63) is 79.9 Å². The van der Waals surface area contributed by atoms with Crippen LogP contribution < -0.4 is 0 Å². The van der Waals surface area contributed by atoms with Gasteiger partial charge in [-0.05, 0) is 25.0 Å². The van der Waals surface area contributed by atoms with Crippen LogP contribution in [-0.2, 0) is 24.4 Å². The first kappa shape index (κ1) is 29.3. The van der Waals surface area contributed by atoms with Crippen LogP contribution in [0.2, 0.25) is 0 Å². The zero-order chi connectivity index (χ0) is 29.0. The summed E-state index contributed by atoms with van der Waals surface area (Å²) in [5.41, 5.74) is -1.16. The molecule has 2 aromatic rings. The quantitative estimate of drug-likeness (QED) is 0.185. The van der Waals surface area contributed by atoms with Crippen molar-refractivity contribution in [1.82, 2.24) is 4.90 Å². The van der Waals surface area contributed by atoms with Crippen LogP contribution in [0.1, 0.15) is 30.1 Å². The van der Waals surface area contributed by atoms with E-state index in [1.165, 1.54) is 36.4 Å². The van der Waals surface area contributed by atoms with E-state index in [4.69, 9.17) is 4.74 Å². The third kappa shape index (κ3) is 6.80. The standard InChI is InChI=1S/C22H21F2N3O11S/c23-22(24,39(34,35)36)13-37-20(28)14-9-11-25(12-10-14)21(29)38-19(15-5-1-3-7-17(15)26(30)31)16-6-2-4-8-18(16)27(32)33/h1-8,14,19H,9-13H2,(H,34,35,36)/p-1. The number of piperidine rings is 1. The van der Waals surface area contributed by atoms with Crippen molar-refractivity contribution in [2.45, 2.75) is 24.2 Å². The minimum Gasteiger partial charge on any atom is -0.743 e. The van der Waals surface area contributed by atoms with Gasteiger partial charge < -0.3 is 18.9 Å². The van der Waals surface area contributed by atoms with Crippen LogP contribution in [0.15, 0.2) is 48.5 Å². The maximum atomic E-state index is 13.3. The summed E-state index contributed by atoms with van der Waals surface area (Å²) in [6, 6.07) is 10.4. The second kappa shape index (κ2) is 11.6. The molecule has 14 nitrogen and oxygen atoms in total. The average molecular weight is 572 g/mol. The summed E-state index contributed by atoms with van der Waals surface area (Å²) in [7, 11) is -6.04. The van der Waals surface area contributed by atoms with Crippen LogP contribution >= 0.6 is 0 Å². The minimum absolute atomic E-state index is 0.106. The number of amides is 1. The van der Waals surface area contributed by atoms with Crippen LogP contribution in [0.3, 0.4) is 0 Å². The number of ether oxygens (including phenoxy) is 2. The topological polar surface area (TPSA) is 199 Å². The molecule has 210 valence electrons. The Bertz CT molecular complexity index is 1320. The first-order valence-electron chi connectivity index (χ1n) is 11.1. The van der Waals surface area contributed by atoms with Gasteiger partial charge in [0.2, 0.25) is 0 Å². The summed E-state index contributed by atoms with van der Waals surface area (Å²) < 4.78 is 67.9. The van der Waals surface area contributed by atoms with E-state index in [0.717, 1.165) is 17.0 Å². The molecule has 1 amide bonds. The van der Waals surface area contributed by atoms with Gasteiger partial charge in [0.05, 0.1) is 26.9 Å². The van der Waals surface area contributed by atoms with Crippen LogP contribution in [0, 0.1) is 26.1 Å². The number of rotatable bonds is 9. The Balaban J connectivity index is 1.76. The average Bonchev–Trinajstić information content (AvgIpc) is 2.89. The van der Waals surface area contributed by atoms with E-state index in [2.05, 4.69) is 4.74 Å². The molecule has 1 aliphatic heterocycles. The summed E-state index contributed by atoms with van der Waals surface area (Å²) in [6.45, 7) is -2.27. The molecule has 0 N–H and O–H groups in total. The lowest BCUT2D eigenvalue weighted by Crippen LogP contribution is -2.42. The number of likely N-dealkylation sites (tertiary alicyclic amines) is 1. The van der Waals surface area contributed by atoms with E-state index in [9.17, 15) is 51.6 Å². The first-order chi connectivity index (χ1) is 18.2. The van der Waals surface area contributed by atoms with Gasteiger partial charge in [-0.15, -0.1) is 0 Å². The van der Waals surface area contributed by atoms with E-state index in [1.54, 1.807) is 0 Å². The van der Waals surface area contributed by atoms with Crippen LogP contribution in [0.5, 0.6) is 0 Å². The number of esters is 1. The Morgan fingerprint density at radius 3 is 1.87 bits per heavy atom. The molecule has 0 spiro atoms. The van der Waals surface area contributed by atoms with Crippen LogP contribution in [0.25, 0.3) is 0 Å². The highest BCUT2D eigenvalue weighted by molar-refractivity contribution is 7.86. The van der Waals surface area contributed by atoms with Crippen molar-refractivity contribution >= 4 is 33.6 Å². The van der Waals surface area contributed by atoms with Gasteiger partial charge in [-0.2, -0.15) is 8.78 Å². The smallest absolute Gasteiger partial charge is 0.410 e. The van der Waals surface area contributed by atoms with Crippen molar-refractivity contribution in [1.29, 1.82) is 0 Å². The molecule has 0 saturated carbocycles. The monoisotopic (exact) mass is 572 g/mol. The fourth-order valence-corrected chi connectivity index (χ4v) is 4.07. The summed E-state index contributed by atoms with van der Waals surface area (Å²) in [5, 5.41) is 18.4. The van der Waals surface area contributed by atoms with Crippen molar-refractivity contribution in [2.75, 3.05) is 19.7 Å². The SMILES string of the molecule is O=C(OCC(F)(F)S(=O)(=O)[O-])C1CCN(C(=O)OC(c2ccccc2[N+](=O)[O-])c2ccccc2[N+](=O)[O-])CC1. The number of benzene rings is 2. The molecule has 1 saturated heterocycles. The van der Waals surface area contributed by atoms with E-state index in [-0.39, 0.29) is 37.1 Å². The van der Waals surface area contributed by atoms with E-state index in [1.807, 2.05) is 0 Å². The van der Waals surface area contributed by atoms with Gasteiger partial charge in [-0.25, -0.2) is 13.2 Å². The largest absolute Gasteiger partial charge is 0.743 e. The molecular weight excluding hydrogens is 552 g/mol. The number of nitro groups is 2. The molecule has 0 atom stereocenters. The van der Waals surface area contributed by atoms with Gasteiger partial charge in [-0.3, -0.25) is 25.0 Å². The van der Waals surface area contributed by atoms with Gasteiger partial charge in [0.15, 0.2) is 22.8 Å². The summed E-state index contributed by atoms with van der Waals surface area (Å²) in [5.74, 6) is -2.19. The summed E-state index contributed by atoms with van der Waals surface area (Å²) in [6.07, 6.45) is -2.79. The fraction of sp³-hybridized carbons (Fsp3) is 0.364. The second-order valence-electron chi connectivity index (χ2n) is 8.36. The maximum absolute atomic E-state index is 13.3. The number of nitro benzene ring substituents is 2. The number of hydrogen-bond acceptors (Lipinski definition) is 11. The number of nitrogens with zero attached hydrogens (tertiary/aromatic N) is 3. The Labute approximate surface area is 219 Å². The Morgan fingerprint density at radius 1 is 0.974 bits per heavy atom. The van der Waals surface area contributed by atoms with Crippen molar-refractivity contribution in [3.63, 3.8) is 0 Å². The predicted octanol–water partition coefficient (Wildman–Crippen LogP) is 3.12. The lowest BCUT2D eigenvalue weighted by molar-refractivity contribution is -0.387. The third-order valence-electron chi connectivity index (χ3n) is 5.89. The molecule has 1 fully saturated rings. The molecule has 3 rings (SSSR count). The van der Waals surface area contributed by atoms with Gasteiger partial charge in [0, 0.05) is 25.2 Å². The molecular formula is C22H20F2N3O11S-. The van der Waals surface area contributed by atoms with Gasteiger partial charge in [0.25, 0.3) is 11.4 Å². The Morgan fingerprint density at radius 2 is 1.44 bits per heavy atom. The normalized spacial score (nSPS) is 14.6. The molecule has 0 bridgehead atoms. The molecule has 0 radical (unpaired) electrons. The molecule has 2 aromatic carbocycles. The molecule has 0 unspecified atom stereocenters. The van der Waals surface area contributed by atoms with Gasteiger partial charge in [0.1, 0.15) is 0 Å². The molecule has 1 heterocycles. The lowest BCUT2D eigenvalue weighted by atomic mass is 9.97.